The fraction of sp³-hybridized carbons (Fsp3) is 0.333. The van der Waals surface area contributed by atoms with Crippen LogP contribution in [0.4, 0.5) is 4.39 Å². The number of carboxylic acid groups (broad SMARTS) is 1. The maximum atomic E-state index is 13.5. The molecule has 98 valence electrons. The molecule has 0 fully saturated rings. The number of hydrogen-bond acceptors (Lipinski definition) is 2. The Hall–Kier alpha value is -1.62. The summed E-state index contributed by atoms with van der Waals surface area (Å²) in [6, 6.07) is 3.89. The maximum absolute atomic E-state index is 13.5. The molecule has 0 spiro atoms. The summed E-state index contributed by atoms with van der Waals surface area (Å²) in [4.78, 5) is 22.5. The molecule has 0 heterocycles. The lowest BCUT2D eigenvalue weighted by molar-refractivity contribution is -0.138. The first-order valence-electron chi connectivity index (χ1n) is 5.21. The van der Waals surface area contributed by atoms with Crippen LogP contribution in [-0.4, -0.2) is 22.5 Å². The lowest BCUT2D eigenvalue weighted by atomic mass is 10.00. The van der Waals surface area contributed by atoms with E-state index in [-0.39, 0.29) is 17.0 Å². The zero-order valence-electron chi connectivity index (χ0n) is 9.96. The molecule has 0 aromatic heterocycles. The zero-order valence-corrected chi connectivity index (χ0v) is 10.7. The van der Waals surface area contributed by atoms with Crippen molar-refractivity contribution in [1.82, 2.24) is 5.32 Å². The predicted octanol–water partition coefficient (Wildman–Crippen LogP) is 2.46. The molecule has 18 heavy (non-hydrogen) atoms. The summed E-state index contributed by atoms with van der Waals surface area (Å²) in [7, 11) is 0. The monoisotopic (exact) mass is 273 g/mol. The van der Waals surface area contributed by atoms with Crippen molar-refractivity contribution in [3.05, 3.63) is 34.6 Å². The van der Waals surface area contributed by atoms with E-state index >= 15 is 0 Å². The molecule has 0 radical (unpaired) electrons. The summed E-state index contributed by atoms with van der Waals surface area (Å²) in [6.45, 7) is 3.07. The van der Waals surface area contributed by atoms with Crippen LogP contribution in [-0.2, 0) is 4.79 Å². The van der Waals surface area contributed by atoms with Crippen LogP contribution in [0.25, 0.3) is 0 Å². The quantitative estimate of drug-likeness (QED) is 0.886. The number of carboxylic acids is 1. The average molecular weight is 274 g/mol. The Kier molecular flexibility index (Phi) is 4.29. The van der Waals surface area contributed by atoms with Crippen LogP contribution in [0.2, 0.25) is 5.02 Å². The van der Waals surface area contributed by atoms with Gasteiger partial charge in [0.05, 0.1) is 17.0 Å². The van der Waals surface area contributed by atoms with Crippen molar-refractivity contribution in [2.45, 2.75) is 25.8 Å². The van der Waals surface area contributed by atoms with Gasteiger partial charge in [-0.15, -0.1) is 0 Å². The third-order valence-electron chi connectivity index (χ3n) is 2.23. The number of nitrogens with one attached hydrogen (secondary N) is 1. The minimum absolute atomic E-state index is 0.0152. The van der Waals surface area contributed by atoms with Gasteiger partial charge in [0, 0.05) is 5.54 Å². The molecule has 4 nitrogen and oxygen atoms in total. The van der Waals surface area contributed by atoms with Gasteiger partial charge in [-0.1, -0.05) is 17.7 Å². The molecule has 1 rings (SSSR count). The fourth-order valence-electron chi connectivity index (χ4n) is 1.51. The van der Waals surface area contributed by atoms with Crippen molar-refractivity contribution in [2.24, 2.45) is 0 Å². The molecular formula is C12H13ClFNO3. The van der Waals surface area contributed by atoms with E-state index in [0.717, 1.165) is 6.07 Å². The van der Waals surface area contributed by atoms with Gasteiger partial charge < -0.3 is 10.4 Å². The van der Waals surface area contributed by atoms with Gasteiger partial charge in [-0.05, 0) is 26.0 Å². The molecule has 1 aromatic carbocycles. The zero-order chi connectivity index (χ0) is 13.9. The number of carbonyl (C=O) groups is 2. The normalized spacial score (nSPS) is 11.1. The molecule has 0 saturated heterocycles. The molecule has 0 saturated carbocycles. The van der Waals surface area contributed by atoms with Crippen LogP contribution in [0.15, 0.2) is 18.2 Å². The SMILES string of the molecule is CC(C)(CC(=O)O)NC(=O)c1c(F)cccc1Cl. The fourth-order valence-corrected chi connectivity index (χ4v) is 1.76. The van der Waals surface area contributed by atoms with Crippen LogP contribution in [0.3, 0.4) is 0 Å². The standard InChI is InChI=1S/C12H13ClFNO3/c1-12(2,6-9(16)17)15-11(18)10-7(13)4-3-5-8(10)14/h3-5H,6H2,1-2H3,(H,15,18)(H,16,17). The molecule has 6 heteroatoms. The Morgan fingerprint density at radius 3 is 2.56 bits per heavy atom. The van der Waals surface area contributed by atoms with E-state index in [9.17, 15) is 14.0 Å². The second-order valence-electron chi connectivity index (χ2n) is 4.51. The number of hydrogen-bond donors (Lipinski definition) is 2. The Balaban J connectivity index is 2.92. The number of benzene rings is 1. The van der Waals surface area contributed by atoms with E-state index in [1.54, 1.807) is 0 Å². The predicted molar refractivity (Wildman–Crippen MR) is 65.2 cm³/mol. The van der Waals surface area contributed by atoms with Gasteiger partial charge in [0.2, 0.25) is 0 Å². The van der Waals surface area contributed by atoms with E-state index < -0.39 is 23.2 Å². The van der Waals surface area contributed by atoms with E-state index in [4.69, 9.17) is 16.7 Å². The highest BCUT2D eigenvalue weighted by atomic mass is 35.5. The number of halogens is 2. The molecule has 1 amide bonds. The number of amides is 1. The molecule has 0 aliphatic carbocycles. The third-order valence-corrected chi connectivity index (χ3v) is 2.55. The minimum atomic E-state index is -1.06. The topological polar surface area (TPSA) is 66.4 Å². The molecule has 2 N–H and O–H groups in total. The van der Waals surface area contributed by atoms with Gasteiger partial charge in [-0.2, -0.15) is 0 Å². The van der Waals surface area contributed by atoms with Gasteiger partial charge >= 0.3 is 5.97 Å². The second kappa shape index (κ2) is 5.35. The van der Waals surface area contributed by atoms with Crippen molar-refractivity contribution in [3.63, 3.8) is 0 Å². The summed E-state index contributed by atoms with van der Waals surface area (Å²) in [5, 5.41) is 11.1. The van der Waals surface area contributed by atoms with Gasteiger partial charge in [-0.3, -0.25) is 9.59 Å². The Bertz CT molecular complexity index is 468. The third kappa shape index (κ3) is 3.70. The van der Waals surface area contributed by atoms with E-state index in [1.165, 1.54) is 26.0 Å². The van der Waals surface area contributed by atoms with Crippen LogP contribution in [0, 0.1) is 5.82 Å². The molecule has 0 bridgehead atoms. The smallest absolute Gasteiger partial charge is 0.305 e. The summed E-state index contributed by atoms with van der Waals surface area (Å²) in [5.74, 6) is -2.53. The van der Waals surface area contributed by atoms with Crippen molar-refractivity contribution in [2.75, 3.05) is 0 Å². The second-order valence-corrected chi connectivity index (χ2v) is 4.91. The minimum Gasteiger partial charge on any atom is -0.481 e. The number of carbonyl (C=O) groups excluding carboxylic acids is 1. The first-order valence-corrected chi connectivity index (χ1v) is 5.59. The molecule has 1 aromatic rings. The Morgan fingerprint density at radius 2 is 2.06 bits per heavy atom. The molecule has 0 atom stereocenters. The molecule has 0 unspecified atom stereocenters. The van der Waals surface area contributed by atoms with Gasteiger partial charge in [0.25, 0.3) is 5.91 Å². The van der Waals surface area contributed by atoms with Crippen LogP contribution < -0.4 is 5.32 Å². The first kappa shape index (κ1) is 14.4. The highest BCUT2D eigenvalue weighted by Crippen LogP contribution is 2.20. The van der Waals surface area contributed by atoms with Crippen molar-refractivity contribution >= 4 is 23.5 Å². The Labute approximate surface area is 109 Å². The van der Waals surface area contributed by atoms with Crippen LogP contribution in [0.5, 0.6) is 0 Å². The molecule has 0 aliphatic heterocycles. The van der Waals surface area contributed by atoms with Crippen molar-refractivity contribution < 1.29 is 19.1 Å². The van der Waals surface area contributed by atoms with Gasteiger partial charge in [-0.25, -0.2) is 4.39 Å². The highest BCUT2D eigenvalue weighted by Gasteiger charge is 2.26. The Morgan fingerprint density at radius 1 is 1.44 bits per heavy atom. The summed E-state index contributed by atoms with van der Waals surface area (Å²) >= 11 is 5.74. The number of aliphatic carboxylic acids is 1. The summed E-state index contributed by atoms with van der Waals surface area (Å²) in [6.07, 6.45) is -0.273. The largest absolute Gasteiger partial charge is 0.481 e. The van der Waals surface area contributed by atoms with Gasteiger partial charge in [0.1, 0.15) is 5.82 Å². The number of rotatable bonds is 4. The molecular weight excluding hydrogens is 261 g/mol. The van der Waals surface area contributed by atoms with Crippen LogP contribution >= 0.6 is 11.6 Å². The van der Waals surface area contributed by atoms with Crippen molar-refractivity contribution in [1.29, 1.82) is 0 Å². The lowest BCUT2D eigenvalue weighted by Crippen LogP contribution is -2.45. The summed E-state index contributed by atoms with van der Waals surface area (Å²) in [5.41, 5.74) is -1.27. The van der Waals surface area contributed by atoms with Gasteiger partial charge in [0.15, 0.2) is 0 Å². The van der Waals surface area contributed by atoms with E-state index in [1.807, 2.05) is 0 Å². The highest BCUT2D eigenvalue weighted by molar-refractivity contribution is 6.33. The molecule has 0 aliphatic rings. The van der Waals surface area contributed by atoms with E-state index in [2.05, 4.69) is 5.32 Å². The van der Waals surface area contributed by atoms with Crippen LogP contribution in [0.1, 0.15) is 30.6 Å². The van der Waals surface area contributed by atoms with E-state index in [0.29, 0.717) is 0 Å². The lowest BCUT2D eigenvalue weighted by Gasteiger charge is -2.24. The summed E-state index contributed by atoms with van der Waals surface area (Å²) < 4.78 is 13.5. The average Bonchev–Trinajstić information content (AvgIpc) is 2.13. The maximum Gasteiger partial charge on any atom is 0.305 e. The van der Waals surface area contributed by atoms with Crippen molar-refractivity contribution in [3.8, 4) is 0 Å². The first-order chi connectivity index (χ1) is 8.23.